The van der Waals surface area contributed by atoms with Crippen LogP contribution in [0.5, 0.6) is 5.75 Å². The average molecular weight is 417 g/mol. The van der Waals surface area contributed by atoms with Gasteiger partial charge in [-0.25, -0.2) is 8.42 Å². The number of hydrogen-bond donors (Lipinski definition) is 1. The molecule has 1 saturated heterocycles. The van der Waals surface area contributed by atoms with Crippen LogP contribution in [0.2, 0.25) is 0 Å². The molecule has 6 nitrogen and oxygen atoms in total. The van der Waals surface area contributed by atoms with Crippen LogP contribution in [-0.4, -0.2) is 54.8 Å². The first-order valence-electron chi connectivity index (χ1n) is 8.94. The van der Waals surface area contributed by atoms with Gasteiger partial charge in [0.1, 0.15) is 10.6 Å². The van der Waals surface area contributed by atoms with Crippen molar-refractivity contribution in [1.29, 1.82) is 0 Å². The number of rotatable bonds is 3. The fraction of sp³-hybridized carbons (Fsp3) is 0.250. The SMILES string of the molecule is Cc1ccc(O)c(S(=O)(=O)N2CCN(C(=O)c3cc4ccccc4s3)CC2)c1. The molecule has 1 fully saturated rings. The standard InChI is InChI=1S/C20H20N2O4S2/c1-14-6-7-16(23)19(12-14)28(25,26)22-10-8-21(9-11-22)20(24)18-13-15-4-2-3-5-17(15)27-18/h2-7,12-13,23H,8-11H2,1H3. The molecule has 0 aliphatic carbocycles. The number of aryl methyl sites for hydroxylation is 1. The third-order valence-corrected chi connectivity index (χ3v) is 7.93. The lowest BCUT2D eigenvalue weighted by molar-refractivity contribution is 0.0702. The van der Waals surface area contributed by atoms with E-state index >= 15 is 0 Å². The Labute approximate surface area is 167 Å². The summed E-state index contributed by atoms with van der Waals surface area (Å²) in [4.78, 5) is 15.1. The van der Waals surface area contributed by atoms with Crippen LogP contribution >= 0.6 is 11.3 Å². The van der Waals surface area contributed by atoms with Crippen molar-refractivity contribution in [2.45, 2.75) is 11.8 Å². The second kappa shape index (κ2) is 7.20. The third-order valence-electron chi connectivity index (χ3n) is 4.90. The largest absolute Gasteiger partial charge is 0.507 e. The normalized spacial score (nSPS) is 15.8. The first-order chi connectivity index (χ1) is 13.4. The van der Waals surface area contributed by atoms with Crippen molar-refractivity contribution >= 4 is 37.4 Å². The van der Waals surface area contributed by atoms with Crippen LogP contribution in [0, 0.1) is 6.92 Å². The lowest BCUT2D eigenvalue weighted by Gasteiger charge is -2.33. The highest BCUT2D eigenvalue weighted by atomic mass is 32.2. The monoisotopic (exact) mass is 416 g/mol. The van der Waals surface area contributed by atoms with Gasteiger partial charge in [0.25, 0.3) is 5.91 Å². The van der Waals surface area contributed by atoms with Gasteiger partial charge in [0.2, 0.25) is 10.0 Å². The molecule has 28 heavy (non-hydrogen) atoms. The average Bonchev–Trinajstić information content (AvgIpc) is 3.13. The Kier molecular flexibility index (Phi) is 4.86. The molecule has 2 heterocycles. The van der Waals surface area contributed by atoms with Gasteiger partial charge in [-0.15, -0.1) is 11.3 Å². The summed E-state index contributed by atoms with van der Waals surface area (Å²) in [6.45, 7) is 2.82. The molecule has 0 saturated carbocycles. The summed E-state index contributed by atoms with van der Waals surface area (Å²) in [7, 11) is -3.80. The van der Waals surface area contributed by atoms with Crippen molar-refractivity contribution < 1.29 is 18.3 Å². The Morgan fingerprint density at radius 2 is 1.75 bits per heavy atom. The number of aromatic hydroxyl groups is 1. The summed E-state index contributed by atoms with van der Waals surface area (Å²) in [5.74, 6) is -0.328. The Morgan fingerprint density at radius 3 is 2.46 bits per heavy atom. The molecular formula is C20H20N2O4S2. The molecule has 0 bridgehead atoms. The van der Waals surface area contributed by atoms with Crippen molar-refractivity contribution in [2.75, 3.05) is 26.2 Å². The van der Waals surface area contributed by atoms with Gasteiger partial charge >= 0.3 is 0 Å². The predicted molar refractivity (Wildman–Crippen MR) is 109 cm³/mol. The number of hydrogen-bond acceptors (Lipinski definition) is 5. The van der Waals surface area contributed by atoms with Crippen molar-refractivity contribution in [3.63, 3.8) is 0 Å². The molecule has 1 N–H and O–H groups in total. The van der Waals surface area contributed by atoms with Gasteiger partial charge in [0.15, 0.2) is 0 Å². The molecule has 1 aliphatic heterocycles. The molecule has 0 atom stereocenters. The van der Waals surface area contributed by atoms with E-state index in [0.29, 0.717) is 18.0 Å². The van der Waals surface area contributed by atoms with Gasteiger partial charge in [0.05, 0.1) is 4.88 Å². The molecule has 8 heteroatoms. The minimum atomic E-state index is -3.80. The molecule has 0 spiro atoms. The number of piperazine rings is 1. The Bertz CT molecular complexity index is 1110. The van der Waals surface area contributed by atoms with E-state index in [2.05, 4.69) is 0 Å². The smallest absolute Gasteiger partial charge is 0.264 e. The third kappa shape index (κ3) is 3.39. The lowest BCUT2D eigenvalue weighted by atomic mass is 10.2. The molecule has 1 amide bonds. The first-order valence-corrected chi connectivity index (χ1v) is 11.2. The zero-order valence-corrected chi connectivity index (χ0v) is 17.0. The highest BCUT2D eigenvalue weighted by molar-refractivity contribution is 7.89. The van der Waals surface area contributed by atoms with E-state index in [1.54, 1.807) is 17.9 Å². The van der Waals surface area contributed by atoms with Crippen LogP contribution in [0.15, 0.2) is 53.4 Å². The number of phenols is 1. The van der Waals surface area contributed by atoms with E-state index < -0.39 is 10.0 Å². The van der Waals surface area contributed by atoms with E-state index in [-0.39, 0.29) is 29.6 Å². The predicted octanol–water partition coefficient (Wildman–Crippen LogP) is 3.06. The Hall–Kier alpha value is -2.42. The van der Waals surface area contributed by atoms with E-state index in [1.165, 1.54) is 27.8 Å². The number of nitrogens with zero attached hydrogens (tertiary/aromatic N) is 2. The van der Waals surface area contributed by atoms with Crippen LogP contribution in [-0.2, 0) is 10.0 Å². The lowest BCUT2D eigenvalue weighted by Crippen LogP contribution is -2.50. The topological polar surface area (TPSA) is 77.9 Å². The molecular weight excluding hydrogens is 396 g/mol. The second-order valence-corrected chi connectivity index (χ2v) is 9.81. The van der Waals surface area contributed by atoms with E-state index in [9.17, 15) is 18.3 Å². The van der Waals surface area contributed by atoms with E-state index in [4.69, 9.17) is 0 Å². The zero-order chi connectivity index (χ0) is 19.9. The maximum absolute atomic E-state index is 12.9. The highest BCUT2D eigenvalue weighted by Gasteiger charge is 2.32. The van der Waals surface area contributed by atoms with Crippen molar-refractivity contribution in [2.24, 2.45) is 0 Å². The number of benzene rings is 2. The Morgan fingerprint density at radius 1 is 1.04 bits per heavy atom. The summed E-state index contributed by atoms with van der Waals surface area (Å²) < 4.78 is 28.2. The summed E-state index contributed by atoms with van der Waals surface area (Å²) >= 11 is 1.45. The van der Waals surface area contributed by atoms with E-state index in [0.717, 1.165) is 15.6 Å². The van der Waals surface area contributed by atoms with Crippen LogP contribution in [0.4, 0.5) is 0 Å². The molecule has 1 aromatic heterocycles. The number of carbonyl (C=O) groups is 1. The number of carbonyl (C=O) groups excluding carboxylic acids is 1. The number of fused-ring (bicyclic) bond motifs is 1. The number of sulfonamides is 1. The minimum Gasteiger partial charge on any atom is -0.507 e. The van der Waals surface area contributed by atoms with Crippen LogP contribution in [0.25, 0.3) is 10.1 Å². The van der Waals surface area contributed by atoms with Crippen LogP contribution < -0.4 is 0 Å². The van der Waals surface area contributed by atoms with Gasteiger partial charge in [-0.05, 0) is 42.1 Å². The summed E-state index contributed by atoms with van der Waals surface area (Å²) in [5.41, 5.74) is 0.759. The molecule has 0 unspecified atom stereocenters. The van der Waals surface area contributed by atoms with Crippen molar-refractivity contribution in [1.82, 2.24) is 9.21 Å². The van der Waals surface area contributed by atoms with Gasteiger partial charge in [-0.1, -0.05) is 24.3 Å². The molecule has 3 aromatic rings. The Balaban J connectivity index is 1.49. The highest BCUT2D eigenvalue weighted by Crippen LogP contribution is 2.29. The molecule has 4 rings (SSSR count). The van der Waals surface area contributed by atoms with Crippen molar-refractivity contribution in [3.8, 4) is 5.75 Å². The van der Waals surface area contributed by atoms with Crippen LogP contribution in [0.1, 0.15) is 15.2 Å². The minimum absolute atomic E-state index is 0.0725. The summed E-state index contributed by atoms with van der Waals surface area (Å²) in [6, 6.07) is 14.2. The fourth-order valence-corrected chi connectivity index (χ4v) is 5.96. The van der Waals surface area contributed by atoms with Gasteiger partial charge < -0.3 is 10.0 Å². The number of phenolic OH excluding ortho intramolecular Hbond substituents is 1. The van der Waals surface area contributed by atoms with E-state index in [1.807, 2.05) is 30.3 Å². The maximum Gasteiger partial charge on any atom is 0.264 e. The number of amides is 1. The van der Waals surface area contributed by atoms with Gasteiger partial charge in [-0.2, -0.15) is 4.31 Å². The van der Waals surface area contributed by atoms with Crippen molar-refractivity contribution in [3.05, 3.63) is 59.0 Å². The molecule has 0 radical (unpaired) electrons. The van der Waals surface area contributed by atoms with Gasteiger partial charge in [-0.3, -0.25) is 4.79 Å². The second-order valence-electron chi connectivity index (χ2n) is 6.82. The zero-order valence-electron chi connectivity index (χ0n) is 15.3. The van der Waals surface area contributed by atoms with Crippen LogP contribution in [0.3, 0.4) is 0 Å². The summed E-state index contributed by atoms with van der Waals surface area (Å²) in [6.07, 6.45) is 0. The van der Waals surface area contributed by atoms with Gasteiger partial charge in [0, 0.05) is 30.9 Å². The summed E-state index contributed by atoms with van der Waals surface area (Å²) in [5, 5.41) is 11.0. The number of thiophene rings is 1. The fourth-order valence-electron chi connectivity index (χ4n) is 3.34. The molecule has 1 aliphatic rings. The maximum atomic E-state index is 12.9. The molecule has 146 valence electrons. The first kappa shape index (κ1) is 18.9. The molecule has 2 aromatic carbocycles. The quantitative estimate of drug-likeness (QED) is 0.712.